The smallest absolute Gasteiger partial charge is 0.240 e. The zero-order valence-electron chi connectivity index (χ0n) is 9.86. The molecular weight excluding hydrogens is 250 g/mol. The largest absolute Gasteiger partial charge is 0.337 e. The highest BCUT2D eigenvalue weighted by Crippen LogP contribution is 2.06. The second kappa shape index (κ2) is 5.79. The average Bonchev–Trinajstić information content (AvgIpc) is 2.89. The van der Waals surface area contributed by atoms with Crippen LogP contribution in [0.1, 0.15) is 6.42 Å². The van der Waals surface area contributed by atoms with Crippen LogP contribution in [-0.4, -0.2) is 24.5 Å². The van der Waals surface area contributed by atoms with Crippen LogP contribution in [0.25, 0.3) is 0 Å². The van der Waals surface area contributed by atoms with Gasteiger partial charge in [0.2, 0.25) is 10.0 Å². The first-order chi connectivity index (χ1) is 8.68. The van der Waals surface area contributed by atoms with Gasteiger partial charge >= 0.3 is 0 Å². The van der Waals surface area contributed by atoms with Gasteiger partial charge in [-0.3, -0.25) is 0 Å². The summed E-state index contributed by atoms with van der Waals surface area (Å²) < 4.78 is 28.2. The van der Waals surface area contributed by atoms with Gasteiger partial charge in [0.1, 0.15) is 0 Å². The lowest BCUT2D eigenvalue weighted by molar-refractivity contribution is 0.570. The molecule has 2 rings (SSSR count). The Kier molecular flexibility index (Phi) is 4.11. The highest BCUT2D eigenvalue weighted by molar-refractivity contribution is 7.89. The Hall–Kier alpha value is -1.66. The molecule has 0 aliphatic carbocycles. The SMILES string of the molecule is O=S(=O)(NCCCn1ccnc1)c1ccccc1. The fraction of sp³-hybridized carbons (Fsp3) is 0.250. The molecule has 6 heteroatoms. The van der Waals surface area contributed by atoms with Crippen molar-refractivity contribution in [3.63, 3.8) is 0 Å². The third kappa shape index (κ3) is 3.41. The summed E-state index contributed by atoms with van der Waals surface area (Å²) in [5.41, 5.74) is 0. The summed E-state index contributed by atoms with van der Waals surface area (Å²) in [7, 11) is -3.38. The third-order valence-corrected chi connectivity index (χ3v) is 3.97. The van der Waals surface area contributed by atoms with E-state index in [1.54, 1.807) is 42.9 Å². The lowest BCUT2D eigenvalue weighted by Gasteiger charge is -2.06. The van der Waals surface area contributed by atoms with Crippen LogP contribution in [0.5, 0.6) is 0 Å². The van der Waals surface area contributed by atoms with E-state index >= 15 is 0 Å². The molecule has 1 N–H and O–H groups in total. The normalized spacial score (nSPS) is 11.6. The van der Waals surface area contributed by atoms with Gasteiger partial charge in [-0.1, -0.05) is 18.2 Å². The van der Waals surface area contributed by atoms with Gasteiger partial charge in [-0.2, -0.15) is 0 Å². The number of nitrogens with one attached hydrogen (secondary N) is 1. The lowest BCUT2D eigenvalue weighted by Crippen LogP contribution is -2.25. The maximum Gasteiger partial charge on any atom is 0.240 e. The quantitative estimate of drug-likeness (QED) is 0.800. The van der Waals surface area contributed by atoms with E-state index in [9.17, 15) is 8.42 Å². The second-order valence-electron chi connectivity index (χ2n) is 3.86. The van der Waals surface area contributed by atoms with Crippen molar-refractivity contribution in [2.24, 2.45) is 0 Å². The van der Waals surface area contributed by atoms with E-state index in [4.69, 9.17) is 0 Å². The Bertz CT molecular complexity index is 565. The Morgan fingerprint density at radius 1 is 1.22 bits per heavy atom. The van der Waals surface area contributed by atoms with Crippen LogP contribution in [0.2, 0.25) is 0 Å². The minimum Gasteiger partial charge on any atom is -0.337 e. The van der Waals surface area contributed by atoms with E-state index in [1.165, 1.54) is 0 Å². The first-order valence-electron chi connectivity index (χ1n) is 5.69. The van der Waals surface area contributed by atoms with Crippen LogP contribution < -0.4 is 4.72 Å². The van der Waals surface area contributed by atoms with Gasteiger partial charge in [-0.15, -0.1) is 0 Å². The molecule has 0 aliphatic heterocycles. The number of aromatic nitrogens is 2. The molecule has 18 heavy (non-hydrogen) atoms. The molecule has 0 unspecified atom stereocenters. The van der Waals surface area contributed by atoms with Crippen LogP contribution in [0.3, 0.4) is 0 Å². The van der Waals surface area contributed by atoms with E-state index in [2.05, 4.69) is 9.71 Å². The van der Waals surface area contributed by atoms with Crippen LogP contribution >= 0.6 is 0 Å². The molecule has 0 amide bonds. The molecule has 0 spiro atoms. The van der Waals surface area contributed by atoms with Crippen LogP contribution in [0.4, 0.5) is 0 Å². The van der Waals surface area contributed by atoms with Gasteiger partial charge in [0, 0.05) is 25.5 Å². The number of rotatable bonds is 6. The van der Waals surface area contributed by atoms with Crippen LogP contribution in [0, 0.1) is 0 Å². The molecule has 1 aromatic heterocycles. The Balaban J connectivity index is 1.83. The predicted octanol–water partition coefficient (Wildman–Crippen LogP) is 1.25. The van der Waals surface area contributed by atoms with Crippen molar-refractivity contribution in [1.82, 2.24) is 14.3 Å². The summed E-state index contributed by atoms with van der Waals surface area (Å²) in [4.78, 5) is 4.22. The number of imidazole rings is 1. The van der Waals surface area contributed by atoms with Crippen molar-refractivity contribution < 1.29 is 8.42 Å². The topological polar surface area (TPSA) is 64.0 Å². The van der Waals surface area contributed by atoms with Gasteiger partial charge < -0.3 is 4.57 Å². The fourth-order valence-electron chi connectivity index (χ4n) is 1.57. The molecule has 0 saturated carbocycles. The van der Waals surface area contributed by atoms with Gasteiger partial charge in [0.25, 0.3) is 0 Å². The van der Waals surface area contributed by atoms with E-state index in [0.717, 1.165) is 13.0 Å². The Labute approximate surface area is 107 Å². The molecule has 0 aliphatic rings. The molecule has 0 fully saturated rings. The van der Waals surface area contributed by atoms with E-state index in [-0.39, 0.29) is 0 Å². The fourth-order valence-corrected chi connectivity index (χ4v) is 2.67. The summed E-state index contributed by atoms with van der Waals surface area (Å²) in [5.74, 6) is 0. The zero-order valence-corrected chi connectivity index (χ0v) is 10.7. The third-order valence-electron chi connectivity index (χ3n) is 2.50. The molecule has 0 saturated heterocycles. The number of nitrogens with zero attached hydrogens (tertiary/aromatic N) is 2. The standard InChI is InChI=1S/C12H15N3O2S/c16-18(17,12-5-2-1-3-6-12)14-7-4-9-15-10-8-13-11-15/h1-3,5-6,8,10-11,14H,4,7,9H2. The molecule has 1 heterocycles. The zero-order chi connectivity index (χ0) is 12.8. The van der Waals surface area contributed by atoms with Gasteiger partial charge in [-0.25, -0.2) is 18.1 Å². The summed E-state index contributed by atoms with van der Waals surface area (Å²) in [6.07, 6.45) is 5.99. The average molecular weight is 265 g/mol. The molecule has 2 aromatic rings. The Morgan fingerprint density at radius 3 is 2.67 bits per heavy atom. The summed E-state index contributed by atoms with van der Waals surface area (Å²) in [6, 6.07) is 8.37. The summed E-state index contributed by atoms with van der Waals surface area (Å²) in [6.45, 7) is 1.16. The predicted molar refractivity (Wildman–Crippen MR) is 68.5 cm³/mol. The first kappa shape index (κ1) is 12.8. The van der Waals surface area contributed by atoms with Crippen molar-refractivity contribution in [2.45, 2.75) is 17.9 Å². The number of benzene rings is 1. The molecule has 0 radical (unpaired) electrons. The van der Waals surface area contributed by atoms with Gasteiger partial charge in [0.15, 0.2) is 0 Å². The van der Waals surface area contributed by atoms with E-state index in [0.29, 0.717) is 11.4 Å². The van der Waals surface area contributed by atoms with Crippen LogP contribution in [0.15, 0.2) is 53.9 Å². The van der Waals surface area contributed by atoms with Crippen molar-refractivity contribution in [1.29, 1.82) is 0 Å². The lowest BCUT2D eigenvalue weighted by atomic mass is 10.4. The second-order valence-corrected chi connectivity index (χ2v) is 5.63. The minimum atomic E-state index is -3.38. The highest BCUT2D eigenvalue weighted by atomic mass is 32.2. The minimum absolute atomic E-state index is 0.299. The molecule has 96 valence electrons. The van der Waals surface area contributed by atoms with Gasteiger partial charge in [-0.05, 0) is 18.6 Å². The molecule has 0 atom stereocenters. The summed E-state index contributed by atoms with van der Waals surface area (Å²) >= 11 is 0. The van der Waals surface area contributed by atoms with E-state index < -0.39 is 10.0 Å². The van der Waals surface area contributed by atoms with Crippen molar-refractivity contribution in [3.05, 3.63) is 49.1 Å². The van der Waals surface area contributed by atoms with Gasteiger partial charge in [0.05, 0.1) is 11.2 Å². The molecular formula is C12H15N3O2S. The molecule has 0 bridgehead atoms. The molecule has 5 nitrogen and oxygen atoms in total. The summed E-state index contributed by atoms with van der Waals surface area (Å²) in [5, 5.41) is 0. The number of hydrogen-bond acceptors (Lipinski definition) is 3. The highest BCUT2D eigenvalue weighted by Gasteiger charge is 2.11. The number of sulfonamides is 1. The number of hydrogen-bond donors (Lipinski definition) is 1. The van der Waals surface area contributed by atoms with E-state index in [1.807, 2.05) is 10.8 Å². The first-order valence-corrected chi connectivity index (χ1v) is 7.17. The van der Waals surface area contributed by atoms with Crippen molar-refractivity contribution in [3.8, 4) is 0 Å². The molecule has 1 aromatic carbocycles. The van der Waals surface area contributed by atoms with Crippen LogP contribution in [-0.2, 0) is 16.6 Å². The monoisotopic (exact) mass is 265 g/mol. The van der Waals surface area contributed by atoms with Crippen molar-refractivity contribution in [2.75, 3.05) is 6.54 Å². The maximum absolute atomic E-state index is 11.9. The number of aryl methyl sites for hydroxylation is 1. The Morgan fingerprint density at radius 2 is 2.00 bits per heavy atom. The maximum atomic E-state index is 11.9. The van der Waals surface area contributed by atoms with Crippen molar-refractivity contribution >= 4 is 10.0 Å².